The van der Waals surface area contributed by atoms with E-state index < -0.39 is 0 Å². The Morgan fingerprint density at radius 2 is 2.08 bits per heavy atom. The molecule has 1 saturated heterocycles. The molecule has 1 aliphatic heterocycles. The number of carbonyl (C=O) groups excluding carboxylic acids is 2. The van der Waals surface area contributed by atoms with E-state index in [0.29, 0.717) is 31.6 Å². The summed E-state index contributed by atoms with van der Waals surface area (Å²) in [5, 5.41) is 5.61. The fourth-order valence-electron chi connectivity index (χ4n) is 2.51. The summed E-state index contributed by atoms with van der Waals surface area (Å²) in [6.45, 7) is 1.66. The van der Waals surface area contributed by atoms with E-state index in [9.17, 15) is 9.59 Å². The average molecular weight is 325 g/mol. The molecule has 124 valence electrons. The van der Waals surface area contributed by atoms with Gasteiger partial charge in [-0.15, -0.1) is 0 Å². The molecular weight excluding hydrogens is 306 g/mol. The Hall–Kier alpha value is -2.96. The predicted octanol–water partition coefficient (Wildman–Crippen LogP) is 0.984. The first kappa shape index (κ1) is 15.9. The zero-order chi connectivity index (χ0) is 16.8. The molecule has 0 spiro atoms. The van der Waals surface area contributed by atoms with Crippen molar-refractivity contribution in [2.24, 2.45) is 0 Å². The Labute approximate surface area is 140 Å². The van der Waals surface area contributed by atoms with Gasteiger partial charge in [0, 0.05) is 31.9 Å². The van der Waals surface area contributed by atoms with E-state index in [4.69, 9.17) is 0 Å². The second kappa shape index (κ2) is 7.54. The number of piperazine rings is 1. The van der Waals surface area contributed by atoms with E-state index in [1.165, 1.54) is 0 Å². The number of nitrogens with one attached hydrogen (secondary N) is 2. The van der Waals surface area contributed by atoms with Crippen LogP contribution in [0.1, 0.15) is 12.0 Å². The minimum absolute atomic E-state index is 0.00320. The quantitative estimate of drug-likeness (QED) is 0.856. The van der Waals surface area contributed by atoms with Crippen molar-refractivity contribution in [1.82, 2.24) is 15.3 Å². The van der Waals surface area contributed by atoms with Crippen LogP contribution < -0.4 is 15.5 Å². The van der Waals surface area contributed by atoms with Gasteiger partial charge in [-0.05, 0) is 36.2 Å². The fraction of sp³-hybridized carbons (Fsp3) is 0.294. The van der Waals surface area contributed by atoms with Crippen LogP contribution in [0.4, 0.5) is 11.5 Å². The standard InChI is InChI=1S/C17H19N5O2/c23-16(4-1-13-5-7-18-8-6-13)21-14-2-3-15(20-11-14)22-10-9-19-17(24)12-22/h2-3,5-8,11H,1,4,9-10,12H2,(H,19,24)(H,21,23). The van der Waals surface area contributed by atoms with E-state index in [1.807, 2.05) is 23.1 Å². The number of hydrogen-bond acceptors (Lipinski definition) is 5. The number of nitrogens with zero attached hydrogens (tertiary/aromatic N) is 3. The molecule has 3 heterocycles. The van der Waals surface area contributed by atoms with Crippen LogP contribution in [0.15, 0.2) is 42.9 Å². The predicted molar refractivity (Wildman–Crippen MR) is 90.6 cm³/mol. The summed E-state index contributed by atoms with van der Waals surface area (Å²) in [5.74, 6) is 0.676. The summed E-state index contributed by atoms with van der Waals surface area (Å²) < 4.78 is 0. The van der Waals surface area contributed by atoms with Crippen LogP contribution in [0, 0.1) is 0 Å². The van der Waals surface area contributed by atoms with E-state index in [2.05, 4.69) is 20.6 Å². The number of aromatic nitrogens is 2. The highest BCUT2D eigenvalue weighted by atomic mass is 16.2. The number of amides is 2. The molecule has 0 unspecified atom stereocenters. The lowest BCUT2D eigenvalue weighted by Gasteiger charge is -2.27. The highest BCUT2D eigenvalue weighted by molar-refractivity contribution is 5.90. The summed E-state index contributed by atoms with van der Waals surface area (Å²) in [4.78, 5) is 33.6. The third kappa shape index (κ3) is 4.28. The maximum Gasteiger partial charge on any atom is 0.239 e. The van der Waals surface area contributed by atoms with Crippen molar-refractivity contribution in [3.63, 3.8) is 0 Å². The van der Waals surface area contributed by atoms with Crippen molar-refractivity contribution >= 4 is 23.3 Å². The second-order valence-corrected chi connectivity index (χ2v) is 5.58. The molecule has 0 radical (unpaired) electrons. The number of aryl methyl sites for hydroxylation is 1. The largest absolute Gasteiger partial charge is 0.353 e. The summed E-state index contributed by atoms with van der Waals surface area (Å²) >= 11 is 0. The van der Waals surface area contributed by atoms with Crippen LogP contribution in [-0.2, 0) is 16.0 Å². The van der Waals surface area contributed by atoms with Crippen LogP contribution in [0.5, 0.6) is 0 Å². The molecule has 0 saturated carbocycles. The number of carbonyl (C=O) groups is 2. The van der Waals surface area contributed by atoms with Crippen molar-refractivity contribution in [2.75, 3.05) is 29.9 Å². The van der Waals surface area contributed by atoms with Crippen LogP contribution >= 0.6 is 0 Å². The molecule has 0 atom stereocenters. The van der Waals surface area contributed by atoms with Crippen molar-refractivity contribution in [3.8, 4) is 0 Å². The Kier molecular flexibility index (Phi) is 5.00. The Morgan fingerprint density at radius 1 is 1.25 bits per heavy atom. The van der Waals surface area contributed by atoms with Gasteiger partial charge in [0.1, 0.15) is 5.82 Å². The van der Waals surface area contributed by atoms with Crippen molar-refractivity contribution < 1.29 is 9.59 Å². The van der Waals surface area contributed by atoms with Gasteiger partial charge in [-0.1, -0.05) is 0 Å². The topological polar surface area (TPSA) is 87.2 Å². The highest BCUT2D eigenvalue weighted by Gasteiger charge is 2.17. The van der Waals surface area contributed by atoms with Crippen molar-refractivity contribution in [1.29, 1.82) is 0 Å². The first-order chi connectivity index (χ1) is 11.7. The molecule has 2 aromatic heterocycles. The zero-order valence-corrected chi connectivity index (χ0v) is 13.2. The summed E-state index contributed by atoms with van der Waals surface area (Å²) in [7, 11) is 0. The Balaban J connectivity index is 1.52. The van der Waals surface area contributed by atoms with E-state index in [1.54, 1.807) is 24.7 Å². The number of pyridine rings is 2. The van der Waals surface area contributed by atoms with E-state index >= 15 is 0 Å². The average Bonchev–Trinajstić information content (AvgIpc) is 2.61. The van der Waals surface area contributed by atoms with Gasteiger partial charge in [-0.25, -0.2) is 4.98 Å². The van der Waals surface area contributed by atoms with Gasteiger partial charge >= 0.3 is 0 Å². The first-order valence-corrected chi connectivity index (χ1v) is 7.87. The smallest absolute Gasteiger partial charge is 0.239 e. The van der Waals surface area contributed by atoms with Gasteiger partial charge in [0.25, 0.3) is 0 Å². The van der Waals surface area contributed by atoms with E-state index in [-0.39, 0.29) is 11.8 Å². The lowest BCUT2D eigenvalue weighted by Crippen LogP contribution is -2.48. The molecule has 0 aromatic carbocycles. The maximum absolute atomic E-state index is 12.0. The Bertz CT molecular complexity index is 703. The highest BCUT2D eigenvalue weighted by Crippen LogP contribution is 2.15. The number of anilines is 2. The van der Waals surface area contributed by atoms with Gasteiger partial charge in [-0.3, -0.25) is 14.6 Å². The minimum atomic E-state index is -0.0567. The molecule has 1 aliphatic rings. The molecule has 0 aliphatic carbocycles. The zero-order valence-electron chi connectivity index (χ0n) is 13.2. The maximum atomic E-state index is 12.0. The molecule has 7 heteroatoms. The molecule has 24 heavy (non-hydrogen) atoms. The lowest BCUT2D eigenvalue weighted by atomic mass is 10.1. The summed E-state index contributed by atoms with van der Waals surface area (Å²) in [6, 6.07) is 7.42. The van der Waals surface area contributed by atoms with Gasteiger partial charge in [0.05, 0.1) is 18.4 Å². The van der Waals surface area contributed by atoms with Crippen molar-refractivity contribution in [2.45, 2.75) is 12.8 Å². The summed E-state index contributed by atoms with van der Waals surface area (Å²) in [6.07, 6.45) is 6.13. The molecule has 2 amide bonds. The molecule has 0 bridgehead atoms. The Morgan fingerprint density at radius 3 is 2.79 bits per heavy atom. The number of hydrogen-bond donors (Lipinski definition) is 2. The van der Waals surface area contributed by atoms with Crippen LogP contribution in [0.3, 0.4) is 0 Å². The third-order valence-electron chi connectivity index (χ3n) is 3.78. The SMILES string of the molecule is O=C1CN(c2ccc(NC(=O)CCc3ccncc3)cn2)CCN1. The molecule has 3 rings (SSSR count). The lowest BCUT2D eigenvalue weighted by molar-refractivity contribution is -0.120. The monoisotopic (exact) mass is 325 g/mol. The molecule has 2 N–H and O–H groups in total. The second-order valence-electron chi connectivity index (χ2n) is 5.58. The minimum Gasteiger partial charge on any atom is -0.353 e. The molecular formula is C17H19N5O2. The molecule has 2 aromatic rings. The van der Waals surface area contributed by atoms with Crippen LogP contribution in [0.25, 0.3) is 0 Å². The molecule has 1 fully saturated rings. The van der Waals surface area contributed by atoms with Crippen LogP contribution in [0.2, 0.25) is 0 Å². The first-order valence-electron chi connectivity index (χ1n) is 7.87. The number of rotatable bonds is 5. The summed E-state index contributed by atoms with van der Waals surface area (Å²) in [5.41, 5.74) is 1.73. The fourth-order valence-corrected chi connectivity index (χ4v) is 2.51. The van der Waals surface area contributed by atoms with E-state index in [0.717, 1.165) is 17.9 Å². The van der Waals surface area contributed by atoms with Gasteiger partial charge in [0.15, 0.2) is 0 Å². The third-order valence-corrected chi connectivity index (χ3v) is 3.78. The molecule has 7 nitrogen and oxygen atoms in total. The van der Waals surface area contributed by atoms with Crippen molar-refractivity contribution in [3.05, 3.63) is 48.4 Å². The van der Waals surface area contributed by atoms with Crippen LogP contribution in [-0.4, -0.2) is 41.4 Å². The normalized spacial score (nSPS) is 14.2. The van der Waals surface area contributed by atoms with Gasteiger partial charge in [-0.2, -0.15) is 0 Å². The van der Waals surface area contributed by atoms with Gasteiger partial charge < -0.3 is 15.5 Å². The van der Waals surface area contributed by atoms with Gasteiger partial charge in [0.2, 0.25) is 11.8 Å².